The number of nitrogens with zero attached hydrogens (tertiary/aromatic N) is 1. The van der Waals surface area contributed by atoms with Gasteiger partial charge in [-0.15, -0.1) is 0 Å². The number of rotatable bonds is 6. The van der Waals surface area contributed by atoms with Crippen molar-refractivity contribution in [1.29, 1.82) is 0 Å². The third kappa shape index (κ3) is 4.51. The van der Waals surface area contributed by atoms with E-state index in [4.69, 9.17) is 22.4 Å². The first kappa shape index (κ1) is 15.9. The Bertz CT molecular complexity index is 548. The van der Waals surface area contributed by atoms with Crippen LogP contribution in [0.4, 0.5) is 0 Å². The van der Waals surface area contributed by atoms with Crippen LogP contribution in [0, 0.1) is 0 Å². The van der Waals surface area contributed by atoms with Gasteiger partial charge in [-0.3, -0.25) is 9.59 Å². The van der Waals surface area contributed by atoms with E-state index in [1.54, 1.807) is 0 Å². The summed E-state index contributed by atoms with van der Waals surface area (Å²) in [6.45, 7) is 1.84. The van der Waals surface area contributed by atoms with E-state index in [-0.39, 0.29) is 10.7 Å². The minimum atomic E-state index is -1.38. The summed E-state index contributed by atoms with van der Waals surface area (Å²) in [5.41, 5.74) is 5.71. The standard InChI is InChI=1S/C12H14ClN3O4/c1-2-7-3-6(4-9(13)15-7)11(18)16-8(12(19)20)5-10(14)17/h3-4,8H,2,5H2,1H3,(H2,14,17)(H,16,18)(H,19,20). The van der Waals surface area contributed by atoms with Crippen LogP contribution in [-0.4, -0.2) is 33.9 Å². The van der Waals surface area contributed by atoms with Crippen molar-refractivity contribution in [2.24, 2.45) is 5.73 Å². The minimum absolute atomic E-state index is 0.135. The molecular formula is C12H14ClN3O4. The lowest BCUT2D eigenvalue weighted by atomic mass is 10.1. The lowest BCUT2D eigenvalue weighted by Gasteiger charge is -2.13. The Morgan fingerprint density at radius 2 is 2.10 bits per heavy atom. The number of carboxylic acids is 1. The maximum Gasteiger partial charge on any atom is 0.326 e. The van der Waals surface area contributed by atoms with Crippen LogP contribution in [-0.2, 0) is 16.0 Å². The molecule has 1 atom stereocenters. The molecule has 2 amide bonds. The molecule has 0 saturated heterocycles. The van der Waals surface area contributed by atoms with Crippen molar-refractivity contribution in [2.45, 2.75) is 25.8 Å². The van der Waals surface area contributed by atoms with Crippen LogP contribution < -0.4 is 11.1 Å². The van der Waals surface area contributed by atoms with Crippen molar-refractivity contribution >= 4 is 29.4 Å². The van der Waals surface area contributed by atoms with Gasteiger partial charge in [-0.1, -0.05) is 18.5 Å². The Morgan fingerprint density at radius 1 is 1.45 bits per heavy atom. The number of hydrogen-bond acceptors (Lipinski definition) is 4. The summed E-state index contributed by atoms with van der Waals surface area (Å²) in [7, 11) is 0. The van der Waals surface area contributed by atoms with Crippen LogP contribution in [0.1, 0.15) is 29.4 Å². The van der Waals surface area contributed by atoms with E-state index in [1.807, 2.05) is 6.92 Å². The number of nitrogens with one attached hydrogen (secondary N) is 1. The maximum atomic E-state index is 11.9. The van der Waals surface area contributed by atoms with Crippen LogP contribution in [0.3, 0.4) is 0 Å². The van der Waals surface area contributed by atoms with Gasteiger partial charge in [0.25, 0.3) is 5.91 Å². The highest BCUT2D eigenvalue weighted by Gasteiger charge is 2.23. The topological polar surface area (TPSA) is 122 Å². The second kappa shape index (κ2) is 6.85. The zero-order valence-corrected chi connectivity index (χ0v) is 11.5. The molecule has 1 aromatic heterocycles. The number of primary amides is 1. The summed E-state index contributed by atoms with van der Waals surface area (Å²) >= 11 is 5.77. The normalized spacial score (nSPS) is 11.7. The molecule has 108 valence electrons. The predicted molar refractivity (Wildman–Crippen MR) is 71.3 cm³/mol. The summed E-state index contributed by atoms with van der Waals surface area (Å²) in [5, 5.41) is 11.3. The largest absolute Gasteiger partial charge is 0.480 e. The van der Waals surface area contributed by atoms with Gasteiger partial charge in [0, 0.05) is 11.3 Å². The van der Waals surface area contributed by atoms with Crippen molar-refractivity contribution in [3.8, 4) is 0 Å². The second-order valence-corrected chi connectivity index (χ2v) is 4.45. The first-order chi connectivity index (χ1) is 9.33. The highest BCUT2D eigenvalue weighted by atomic mass is 35.5. The summed E-state index contributed by atoms with van der Waals surface area (Å²) in [6, 6.07) is 1.45. The molecule has 1 unspecified atom stereocenters. The first-order valence-corrected chi connectivity index (χ1v) is 6.19. The van der Waals surface area contributed by atoms with Crippen LogP contribution in [0.25, 0.3) is 0 Å². The zero-order chi connectivity index (χ0) is 15.3. The Labute approximate surface area is 120 Å². The Kier molecular flexibility index (Phi) is 5.45. The molecule has 1 aromatic rings. The molecule has 20 heavy (non-hydrogen) atoms. The molecule has 0 aliphatic rings. The Balaban J connectivity index is 2.91. The summed E-state index contributed by atoms with van der Waals surface area (Å²) < 4.78 is 0. The summed E-state index contributed by atoms with van der Waals surface area (Å²) in [4.78, 5) is 37.6. The van der Waals surface area contributed by atoms with Gasteiger partial charge < -0.3 is 16.2 Å². The van der Waals surface area contributed by atoms with E-state index in [0.717, 1.165) is 0 Å². The van der Waals surface area contributed by atoms with Gasteiger partial charge in [0.15, 0.2) is 0 Å². The van der Waals surface area contributed by atoms with Crippen molar-refractivity contribution in [2.75, 3.05) is 0 Å². The fourth-order valence-electron chi connectivity index (χ4n) is 1.51. The smallest absolute Gasteiger partial charge is 0.326 e. The van der Waals surface area contributed by atoms with Gasteiger partial charge in [-0.2, -0.15) is 0 Å². The van der Waals surface area contributed by atoms with Gasteiger partial charge in [0.05, 0.1) is 6.42 Å². The van der Waals surface area contributed by atoms with Crippen molar-refractivity contribution in [3.05, 3.63) is 28.5 Å². The number of carboxylic acid groups (broad SMARTS) is 1. The fraction of sp³-hybridized carbons (Fsp3) is 0.333. The molecule has 0 aliphatic carbocycles. The van der Waals surface area contributed by atoms with Crippen molar-refractivity contribution in [3.63, 3.8) is 0 Å². The SMILES string of the molecule is CCc1cc(C(=O)NC(CC(N)=O)C(=O)O)cc(Cl)n1. The highest BCUT2D eigenvalue weighted by Crippen LogP contribution is 2.12. The third-order valence-electron chi connectivity index (χ3n) is 2.48. The Morgan fingerprint density at radius 3 is 2.60 bits per heavy atom. The predicted octanol–water partition coefficient (Wildman–Crippen LogP) is 0.356. The molecule has 1 rings (SSSR count). The van der Waals surface area contributed by atoms with Crippen LogP contribution in [0.15, 0.2) is 12.1 Å². The number of aryl methyl sites for hydroxylation is 1. The monoisotopic (exact) mass is 299 g/mol. The average molecular weight is 300 g/mol. The molecule has 7 nitrogen and oxygen atoms in total. The molecule has 8 heteroatoms. The molecule has 0 spiro atoms. The average Bonchev–Trinajstić information content (AvgIpc) is 2.36. The second-order valence-electron chi connectivity index (χ2n) is 4.06. The number of amides is 2. The minimum Gasteiger partial charge on any atom is -0.480 e. The first-order valence-electron chi connectivity index (χ1n) is 5.82. The van der Waals surface area contributed by atoms with Crippen molar-refractivity contribution in [1.82, 2.24) is 10.3 Å². The quantitative estimate of drug-likeness (QED) is 0.654. The molecule has 0 aromatic carbocycles. The molecule has 0 aliphatic heterocycles. The van der Waals surface area contributed by atoms with E-state index in [0.29, 0.717) is 12.1 Å². The van der Waals surface area contributed by atoms with E-state index < -0.39 is 30.2 Å². The number of pyridine rings is 1. The number of halogens is 1. The molecule has 0 saturated carbocycles. The van der Waals surface area contributed by atoms with Gasteiger partial charge in [-0.25, -0.2) is 9.78 Å². The Hall–Kier alpha value is -2.15. The van der Waals surface area contributed by atoms with E-state index in [1.165, 1.54) is 12.1 Å². The van der Waals surface area contributed by atoms with Crippen LogP contribution in [0.2, 0.25) is 5.15 Å². The lowest BCUT2D eigenvalue weighted by Crippen LogP contribution is -2.43. The van der Waals surface area contributed by atoms with E-state index >= 15 is 0 Å². The van der Waals surface area contributed by atoms with Crippen LogP contribution >= 0.6 is 11.6 Å². The van der Waals surface area contributed by atoms with E-state index in [9.17, 15) is 14.4 Å². The van der Waals surface area contributed by atoms with Gasteiger partial charge in [0.1, 0.15) is 11.2 Å². The van der Waals surface area contributed by atoms with Gasteiger partial charge in [-0.05, 0) is 18.6 Å². The maximum absolute atomic E-state index is 11.9. The van der Waals surface area contributed by atoms with Gasteiger partial charge >= 0.3 is 5.97 Å². The lowest BCUT2D eigenvalue weighted by molar-refractivity contribution is -0.140. The number of hydrogen-bond donors (Lipinski definition) is 3. The number of aromatic nitrogens is 1. The van der Waals surface area contributed by atoms with Crippen LogP contribution in [0.5, 0.6) is 0 Å². The molecular weight excluding hydrogens is 286 g/mol. The summed E-state index contributed by atoms with van der Waals surface area (Å²) in [5.74, 6) is -2.81. The molecule has 4 N–H and O–H groups in total. The molecule has 1 heterocycles. The fourth-order valence-corrected chi connectivity index (χ4v) is 1.73. The molecule has 0 fully saturated rings. The molecule has 0 bridgehead atoms. The van der Waals surface area contributed by atoms with Crippen molar-refractivity contribution < 1.29 is 19.5 Å². The number of nitrogens with two attached hydrogens (primary N) is 1. The number of aliphatic carboxylic acids is 1. The molecule has 0 radical (unpaired) electrons. The third-order valence-corrected chi connectivity index (χ3v) is 2.67. The number of carbonyl (C=O) groups excluding carboxylic acids is 2. The highest BCUT2D eigenvalue weighted by molar-refractivity contribution is 6.29. The van der Waals surface area contributed by atoms with E-state index in [2.05, 4.69) is 10.3 Å². The zero-order valence-electron chi connectivity index (χ0n) is 10.7. The van der Waals surface area contributed by atoms with Gasteiger partial charge in [0.2, 0.25) is 5.91 Å². The number of carbonyl (C=O) groups is 3. The summed E-state index contributed by atoms with van der Waals surface area (Å²) in [6.07, 6.45) is 0.0883.